The molecule has 1 aliphatic carbocycles. The van der Waals surface area contributed by atoms with E-state index in [-0.39, 0.29) is 12.1 Å². The van der Waals surface area contributed by atoms with Crippen LogP contribution in [0.15, 0.2) is 12.1 Å². The Balaban J connectivity index is 2.00. The number of nitrogens with one attached hydrogen (secondary N) is 2. The fourth-order valence-electron chi connectivity index (χ4n) is 2.25. The fraction of sp³-hybridized carbons (Fsp3) is 0.462. The number of rotatable bonds is 3. The summed E-state index contributed by atoms with van der Waals surface area (Å²) in [6.45, 7) is 0. The monoisotopic (exact) mass is 302 g/mol. The lowest BCUT2D eigenvalue weighted by Crippen LogP contribution is -2.36. The topological polar surface area (TPSA) is 50.4 Å². The minimum Gasteiger partial charge on any atom is -0.494 e. The average molecular weight is 303 g/mol. The number of hydrogen-bond acceptors (Lipinski definition) is 2. The van der Waals surface area contributed by atoms with Gasteiger partial charge < -0.3 is 15.4 Å². The molecule has 1 saturated carbocycles. The highest BCUT2D eigenvalue weighted by atomic mass is 35.5. The molecule has 0 aliphatic heterocycles. The van der Waals surface area contributed by atoms with E-state index in [1.54, 1.807) is 12.1 Å². The SMILES string of the molecule is COc1c(Cl)cc(NC(=O)NC2CCCC2)cc1Cl. The summed E-state index contributed by atoms with van der Waals surface area (Å²) in [6, 6.07) is 3.26. The minimum atomic E-state index is -0.232. The van der Waals surface area contributed by atoms with Crippen LogP contribution in [0.25, 0.3) is 0 Å². The van der Waals surface area contributed by atoms with E-state index in [2.05, 4.69) is 10.6 Å². The van der Waals surface area contributed by atoms with Gasteiger partial charge in [-0.3, -0.25) is 0 Å². The van der Waals surface area contributed by atoms with Gasteiger partial charge in [-0.15, -0.1) is 0 Å². The summed E-state index contributed by atoms with van der Waals surface area (Å²) in [6.07, 6.45) is 4.42. The maximum atomic E-state index is 11.8. The van der Waals surface area contributed by atoms with E-state index in [0.29, 0.717) is 21.5 Å². The number of ether oxygens (including phenoxy) is 1. The van der Waals surface area contributed by atoms with Crippen LogP contribution in [0.5, 0.6) is 5.75 Å². The van der Waals surface area contributed by atoms with E-state index in [1.165, 1.54) is 20.0 Å². The van der Waals surface area contributed by atoms with E-state index in [4.69, 9.17) is 27.9 Å². The second kappa shape index (κ2) is 6.35. The van der Waals surface area contributed by atoms with Gasteiger partial charge in [-0.1, -0.05) is 36.0 Å². The van der Waals surface area contributed by atoms with Crippen molar-refractivity contribution < 1.29 is 9.53 Å². The highest BCUT2D eigenvalue weighted by Gasteiger charge is 2.17. The number of carbonyl (C=O) groups is 1. The first-order valence-corrected chi connectivity index (χ1v) is 6.96. The van der Waals surface area contributed by atoms with Gasteiger partial charge in [0, 0.05) is 11.7 Å². The molecule has 1 aromatic rings. The number of methoxy groups -OCH3 is 1. The lowest BCUT2D eigenvalue weighted by atomic mass is 10.2. The van der Waals surface area contributed by atoms with E-state index >= 15 is 0 Å². The smallest absolute Gasteiger partial charge is 0.319 e. The van der Waals surface area contributed by atoms with Crippen LogP contribution >= 0.6 is 23.2 Å². The van der Waals surface area contributed by atoms with Crippen molar-refractivity contribution in [1.29, 1.82) is 0 Å². The van der Waals surface area contributed by atoms with Crippen LogP contribution < -0.4 is 15.4 Å². The van der Waals surface area contributed by atoms with Gasteiger partial charge in [0.2, 0.25) is 0 Å². The molecule has 4 nitrogen and oxygen atoms in total. The molecule has 19 heavy (non-hydrogen) atoms. The first-order chi connectivity index (χ1) is 9.10. The van der Waals surface area contributed by atoms with Crippen LogP contribution in [-0.4, -0.2) is 19.2 Å². The van der Waals surface area contributed by atoms with E-state index in [9.17, 15) is 4.79 Å². The Morgan fingerprint density at radius 1 is 1.26 bits per heavy atom. The predicted molar refractivity (Wildman–Crippen MR) is 77.4 cm³/mol. The van der Waals surface area contributed by atoms with Gasteiger partial charge >= 0.3 is 6.03 Å². The molecule has 2 rings (SSSR count). The first kappa shape index (κ1) is 14.3. The summed E-state index contributed by atoms with van der Waals surface area (Å²) in [4.78, 5) is 11.8. The first-order valence-electron chi connectivity index (χ1n) is 6.20. The molecule has 0 heterocycles. The van der Waals surface area contributed by atoms with Crippen molar-refractivity contribution in [3.8, 4) is 5.75 Å². The Bertz CT molecular complexity index is 451. The van der Waals surface area contributed by atoms with Crippen LogP contribution in [0.2, 0.25) is 10.0 Å². The van der Waals surface area contributed by atoms with Crippen LogP contribution in [0.4, 0.5) is 10.5 Å². The van der Waals surface area contributed by atoms with E-state index in [0.717, 1.165) is 12.8 Å². The van der Waals surface area contributed by atoms with Gasteiger partial charge in [0.25, 0.3) is 0 Å². The number of benzene rings is 1. The Morgan fingerprint density at radius 3 is 2.37 bits per heavy atom. The number of amides is 2. The second-order valence-corrected chi connectivity index (χ2v) is 5.37. The molecule has 0 radical (unpaired) electrons. The molecule has 0 unspecified atom stereocenters. The normalized spacial score (nSPS) is 15.3. The third-order valence-electron chi connectivity index (χ3n) is 3.15. The lowest BCUT2D eigenvalue weighted by Gasteiger charge is -2.14. The minimum absolute atomic E-state index is 0.232. The molecule has 0 aromatic heterocycles. The summed E-state index contributed by atoms with van der Waals surface area (Å²) in [5, 5.41) is 6.39. The van der Waals surface area contributed by atoms with Gasteiger partial charge in [-0.05, 0) is 25.0 Å². The van der Waals surface area contributed by atoms with Crippen molar-refractivity contribution in [2.75, 3.05) is 12.4 Å². The molecule has 1 aromatic carbocycles. The van der Waals surface area contributed by atoms with Crippen LogP contribution in [0.3, 0.4) is 0 Å². The molecule has 2 amide bonds. The quantitative estimate of drug-likeness (QED) is 0.884. The van der Waals surface area contributed by atoms with Gasteiger partial charge in [0.15, 0.2) is 5.75 Å². The Morgan fingerprint density at radius 2 is 1.84 bits per heavy atom. The third kappa shape index (κ3) is 3.67. The summed E-state index contributed by atoms with van der Waals surface area (Å²) in [5.74, 6) is 0.407. The highest BCUT2D eigenvalue weighted by molar-refractivity contribution is 6.37. The Labute approximate surface area is 122 Å². The average Bonchev–Trinajstić information content (AvgIpc) is 2.81. The Kier molecular flexibility index (Phi) is 4.77. The third-order valence-corrected chi connectivity index (χ3v) is 3.71. The molecule has 1 fully saturated rings. The predicted octanol–water partition coefficient (Wildman–Crippen LogP) is 4.07. The Hall–Kier alpha value is -1.13. The number of anilines is 1. The summed E-state index contributed by atoms with van der Waals surface area (Å²) < 4.78 is 5.05. The van der Waals surface area contributed by atoms with E-state index < -0.39 is 0 Å². The standard InChI is InChI=1S/C13H16Cl2N2O2/c1-19-12-10(14)6-9(7-11(12)15)17-13(18)16-8-4-2-3-5-8/h6-8H,2-5H2,1H3,(H2,16,17,18). The molecule has 0 bridgehead atoms. The van der Waals surface area contributed by atoms with Crippen LogP contribution in [0, 0.1) is 0 Å². The van der Waals surface area contributed by atoms with Crippen LogP contribution in [0.1, 0.15) is 25.7 Å². The van der Waals surface area contributed by atoms with Crippen molar-refractivity contribution in [1.82, 2.24) is 5.32 Å². The zero-order valence-electron chi connectivity index (χ0n) is 10.6. The van der Waals surface area contributed by atoms with Crippen molar-refractivity contribution in [3.63, 3.8) is 0 Å². The molecule has 0 atom stereocenters. The number of urea groups is 1. The van der Waals surface area contributed by atoms with Gasteiger partial charge in [-0.25, -0.2) is 4.79 Å². The number of halogens is 2. The van der Waals surface area contributed by atoms with Crippen molar-refractivity contribution >= 4 is 34.9 Å². The highest BCUT2D eigenvalue weighted by Crippen LogP contribution is 2.35. The zero-order chi connectivity index (χ0) is 13.8. The van der Waals surface area contributed by atoms with Gasteiger partial charge in [0.1, 0.15) is 0 Å². The van der Waals surface area contributed by atoms with Crippen molar-refractivity contribution in [2.45, 2.75) is 31.7 Å². The molecular formula is C13H16Cl2N2O2. The second-order valence-electron chi connectivity index (χ2n) is 4.55. The van der Waals surface area contributed by atoms with Gasteiger partial charge in [0.05, 0.1) is 17.2 Å². The molecule has 6 heteroatoms. The van der Waals surface area contributed by atoms with Crippen molar-refractivity contribution in [3.05, 3.63) is 22.2 Å². The maximum Gasteiger partial charge on any atom is 0.319 e. The summed E-state index contributed by atoms with van der Waals surface area (Å²) in [5.41, 5.74) is 0.547. The molecule has 0 spiro atoms. The summed E-state index contributed by atoms with van der Waals surface area (Å²) >= 11 is 12.0. The maximum absolute atomic E-state index is 11.8. The van der Waals surface area contributed by atoms with E-state index in [1.807, 2.05) is 0 Å². The van der Waals surface area contributed by atoms with Crippen molar-refractivity contribution in [2.24, 2.45) is 0 Å². The van der Waals surface area contributed by atoms with Gasteiger partial charge in [-0.2, -0.15) is 0 Å². The fourth-order valence-corrected chi connectivity index (χ4v) is 2.89. The largest absolute Gasteiger partial charge is 0.494 e. The molecule has 1 aliphatic rings. The number of carbonyl (C=O) groups excluding carboxylic acids is 1. The van der Waals surface area contributed by atoms with Crippen LogP contribution in [-0.2, 0) is 0 Å². The molecule has 104 valence electrons. The molecular weight excluding hydrogens is 287 g/mol. The molecule has 2 N–H and O–H groups in total. The summed E-state index contributed by atoms with van der Waals surface area (Å²) in [7, 11) is 1.49. The molecule has 0 saturated heterocycles. The lowest BCUT2D eigenvalue weighted by molar-refractivity contribution is 0.248. The number of hydrogen-bond donors (Lipinski definition) is 2. The zero-order valence-corrected chi connectivity index (χ0v) is 12.1.